The first-order valence-corrected chi connectivity index (χ1v) is 9.88. The van der Waals surface area contributed by atoms with Crippen LogP contribution in [0.3, 0.4) is 0 Å². The zero-order valence-electron chi connectivity index (χ0n) is 17.1. The topological polar surface area (TPSA) is 78.1 Å². The Balaban J connectivity index is 1.73. The Kier molecular flexibility index (Phi) is 7.11. The molecule has 0 bridgehead atoms. The summed E-state index contributed by atoms with van der Waals surface area (Å²) in [6, 6.07) is 12.9. The van der Waals surface area contributed by atoms with Gasteiger partial charge in [0.15, 0.2) is 5.78 Å². The number of ketones is 1. The molecule has 1 aromatic heterocycles. The highest BCUT2D eigenvalue weighted by molar-refractivity contribution is 6.09. The van der Waals surface area contributed by atoms with Crippen LogP contribution in [0.5, 0.6) is 0 Å². The first kappa shape index (κ1) is 22.1. The number of rotatable bonds is 9. The van der Waals surface area contributed by atoms with Crippen molar-refractivity contribution >= 4 is 28.3 Å². The predicted octanol–water partition coefficient (Wildman–Crippen LogP) is 3.98. The van der Waals surface area contributed by atoms with Gasteiger partial charge in [0.25, 0.3) is 0 Å². The first-order valence-electron chi connectivity index (χ1n) is 9.88. The van der Waals surface area contributed by atoms with Crippen LogP contribution in [0, 0.1) is 23.0 Å². The van der Waals surface area contributed by atoms with E-state index in [1.165, 1.54) is 6.07 Å². The molecule has 0 saturated carbocycles. The van der Waals surface area contributed by atoms with Gasteiger partial charge in [0.05, 0.1) is 25.6 Å². The minimum Gasteiger partial charge on any atom is -0.346 e. The van der Waals surface area contributed by atoms with Crippen LogP contribution < -0.4 is 5.32 Å². The Bertz CT molecular complexity index is 1130. The smallest absolute Gasteiger partial charge is 0.238 e. The van der Waals surface area contributed by atoms with Crippen LogP contribution in [0.4, 0.5) is 14.5 Å². The lowest BCUT2D eigenvalue weighted by Crippen LogP contribution is -2.37. The Morgan fingerprint density at radius 1 is 1.10 bits per heavy atom. The number of hydrogen-bond acceptors (Lipinski definition) is 4. The van der Waals surface area contributed by atoms with Crippen molar-refractivity contribution in [1.82, 2.24) is 9.47 Å². The second kappa shape index (κ2) is 9.96. The normalized spacial score (nSPS) is 10.9. The summed E-state index contributed by atoms with van der Waals surface area (Å²) in [6.07, 6.45) is 2.05. The molecule has 160 valence electrons. The van der Waals surface area contributed by atoms with E-state index in [0.29, 0.717) is 25.1 Å². The van der Waals surface area contributed by atoms with Crippen molar-refractivity contribution in [2.45, 2.75) is 19.9 Å². The number of carbonyl (C=O) groups is 2. The summed E-state index contributed by atoms with van der Waals surface area (Å²) in [4.78, 5) is 26.9. The number of anilines is 1. The summed E-state index contributed by atoms with van der Waals surface area (Å²) >= 11 is 0. The molecule has 0 unspecified atom stereocenters. The lowest BCUT2D eigenvalue weighted by Gasteiger charge is -2.19. The van der Waals surface area contributed by atoms with Gasteiger partial charge >= 0.3 is 0 Å². The molecule has 8 heteroatoms. The monoisotopic (exact) mass is 424 g/mol. The highest BCUT2D eigenvalue weighted by Gasteiger charge is 2.20. The number of Topliss-reactive ketones (excluding diaryl/α,β-unsaturated/α-hetero) is 1. The molecule has 1 amide bonds. The molecule has 0 aliphatic heterocycles. The zero-order valence-corrected chi connectivity index (χ0v) is 17.1. The molecule has 1 heterocycles. The molecular weight excluding hydrogens is 402 g/mol. The number of nitriles is 1. The Morgan fingerprint density at radius 3 is 2.48 bits per heavy atom. The summed E-state index contributed by atoms with van der Waals surface area (Å²) in [7, 11) is 0. The van der Waals surface area contributed by atoms with Crippen LogP contribution >= 0.6 is 0 Å². The summed E-state index contributed by atoms with van der Waals surface area (Å²) in [5, 5.41) is 11.9. The van der Waals surface area contributed by atoms with Crippen molar-refractivity contribution < 1.29 is 18.4 Å². The van der Waals surface area contributed by atoms with E-state index in [1.807, 2.05) is 28.8 Å². The summed E-state index contributed by atoms with van der Waals surface area (Å²) in [6.45, 7) is 2.43. The average molecular weight is 424 g/mol. The molecular formula is C23H22F2N4O2. The zero-order chi connectivity index (χ0) is 22.4. The second-order valence-electron chi connectivity index (χ2n) is 7.03. The number of benzene rings is 2. The number of para-hydroxylation sites is 2. The van der Waals surface area contributed by atoms with Crippen LogP contribution in [0.15, 0.2) is 48.7 Å². The molecule has 0 aliphatic rings. The third-order valence-electron chi connectivity index (χ3n) is 4.96. The number of aryl methyl sites for hydroxylation is 1. The number of hydrogen-bond donors (Lipinski definition) is 1. The molecule has 6 nitrogen and oxygen atoms in total. The molecule has 0 spiro atoms. The van der Waals surface area contributed by atoms with E-state index >= 15 is 0 Å². The standard InChI is InChI=1S/C23H22F2N4O2/c1-2-28(15-22(31)27-23-18(24)8-5-9-19(23)25)14-21(30)17-13-29(12-6-11-26)20-10-4-3-7-16(17)20/h3-5,7-10,13H,2,6,12,14-15H2,1H3,(H,27,31). The quantitative estimate of drug-likeness (QED) is 0.527. The number of amides is 1. The summed E-state index contributed by atoms with van der Waals surface area (Å²) in [5.41, 5.74) is 0.861. The van der Waals surface area contributed by atoms with Crippen molar-refractivity contribution in [2.24, 2.45) is 0 Å². The fraction of sp³-hybridized carbons (Fsp3) is 0.261. The van der Waals surface area contributed by atoms with Crippen LogP contribution in [0.1, 0.15) is 23.7 Å². The fourth-order valence-electron chi connectivity index (χ4n) is 3.39. The number of likely N-dealkylation sites (N-methyl/N-ethyl adjacent to an activating group) is 1. The number of nitrogens with zero attached hydrogens (tertiary/aromatic N) is 3. The second-order valence-corrected chi connectivity index (χ2v) is 7.03. The van der Waals surface area contributed by atoms with E-state index in [-0.39, 0.29) is 18.9 Å². The van der Waals surface area contributed by atoms with Crippen LogP contribution in [-0.2, 0) is 11.3 Å². The average Bonchev–Trinajstić information content (AvgIpc) is 3.13. The molecule has 0 radical (unpaired) electrons. The highest BCUT2D eigenvalue weighted by Crippen LogP contribution is 2.23. The van der Waals surface area contributed by atoms with Gasteiger partial charge in [-0.2, -0.15) is 5.26 Å². The molecule has 0 saturated heterocycles. The van der Waals surface area contributed by atoms with Gasteiger partial charge in [-0.3, -0.25) is 14.5 Å². The minimum atomic E-state index is -0.863. The maximum absolute atomic E-state index is 13.8. The number of halogens is 2. The summed E-state index contributed by atoms with van der Waals surface area (Å²) < 4.78 is 29.4. The number of carbonyl (C=O) groups excluding carboxylic acids is 2. The number of aromatic nitrogens is 1. The van der Waals surface area contributed by atoms with Gasteiger partial charge < -0.3 is 9.88 Å². The van der Waals surface area contributed by atoms with Crippen LogP contribution in [-0.4, -0.2) is 40.8 Å². The SMILES string of the molecule is CCN(CC(=O)Nc1c(F)cccc1F)CC(=O)c1cn(CCC#N)c2ccccc12. The Labute approximate surface area is 178 Å². The lowest BCUT2D eigenvalue weighted by atomic mass is 10.1. The molecule has 0 fully saturated rings. The molecule has 3 rings (SSSR count). The fourth-order valence-corrected chi connectivity index (χ4v) is 3.39. The van der Waals surface area contributed by atoms with E-state index in [1.54, 1.807) is 18.0 Å². The number of nitrogens with one attached hydrogen (secondary N) is 1. The highest BCUT2D eigenvalue weighted by atomic mass is 19.1. The minimum absolute atomic E-state index is 0.0318. The van der Waals surface area contributed by atoms with Crippen molar-refractivity contribution in [3.63, 3.8) is 0 Å². The molecule has 2 aromatic carbocycles. The Hall–Kier alpha value is -3.57. The molecule has 3 aromatic rings. The maximum atomic E-state index is 13.8. The third-order valence-corrected chi connectivity index (χ3v) is 4.96. The van der Waals surface area contributed by atoms with E-state index in [0.717, 1.165) is 23.0 Å². The molecule has 31 heavy (non-hydrogen) atoms. The van der Waals surface area contributed by atoms with E-state index < -0.39 is 23.2 Å². The Morgan fingerprint density at radius 2 is 1.81 bits per heavy atom. The van der Waals surface area contributed by atoms with Gasteiger partial charge in [-0.25, -0.2) is 8.78 Å². The van der Waals surface area contributed by atoms with Crippen molar-refractivity contribution in [3.8, 4) is 6.07 Å². The van der Waals surface area contributed by atoms with Crippen LogP contribution in [0.25, 0.3) is 10.9 Å². The van der Waals surface area contributed by atoms with Gasteiger partial charge in [-0.1, -0.05) is 31.2 Å². The molecule has 0 aliphatic carbocycles. The first-order chi connectivity index (χ1) is 14.9. The van der Waals surface area contributed by atoms with Gasteiger partial charge in [0.2, 0.25) is 5.91 Å². The van der Waals surface area contributed by atoms with Gasteiger partial charge in [-0.05, 0) is 24.7 Å². The van der Waals surface area contributed by atoms with Crippen LogP contribution in [0.2, 0.25) is 0 Å². The molecule has 1 N–H and O–H groups in total. The third kappa shape index (κ3) is 5.13. The van der Waals surface area contributed by atoms with Gasteiger partial charge in [-0.15, -0.1) is 0 Å². The van der Waals surface area contributed by atoms with E-state index in [2.05, 4.69) is 11.4 Å². The maximum Gasteiger partial charge on any atom is 0.238 e. The van der Waals surface area contributed by atoms with Gasteiger partial charge in [0, 0.05) is 29.2 Å². The largest absolute Gasteiger partial charge is 0.346 e. The van der Waals surface area contributed by atoms with Crippen molar-refractivity contribution in [1.29, 1.82) is 5.26 Å². The van der Waals surface area contributed by atoms with E-state index in [9.17, 15) is 18.4 Å². The van der Waals surface area contributed by atoms with Crippen molar-refractivity contribution in [3.05, 3.63) is 65.9 Å². The summed E-state index contributed by atoms with van der Waals surface area (Å²) in [5.74, 6) is -2.52. The van der Waals surface area contributed by atoms with Crippen molar-refractivity contribution in [2.75, 3.05) is 25.0 Å². The van der Waals surface area contributed by atoms with Gasteiger partial charge in [0.1, 0.15) is 17.3 Å². The van der Waals surface area contributed by atoms with E-state index in [4.69, 9.17) is 5.26 Å². The lowest BCUT2D eigenvalue weighted by molar-refractivity contribution is -0.117. The molecule has 0 atom stereocenters. The predicted molar refractivity (Wildman–Crippen MR) is 114 cm³/mol. The number of fused-ring (bicyclic) bond motifs is 1.